The molecule has 0 aliphatic carbocycles. The van der Waals surface area contributed by atoms with Gasteiger partial charge in [-0.05, 0) is 13.3 Å². The van der Waals surface area contributed by atoms with Crippen molar-refractivity contribution in [1.82, 2.24) is 0 Å². The minimum absolute atomic E-state index is 0.273. The summed E-state index contributed by atoms with van der Waals surface area (Å²) in [5.74, 6) is 0.189. The zero-order chi connectivity index (χ0) is 11.6. The molecule has 0 saturated heterocycles. The first-order valence-electron chi connectivity index (χ1n) is 4.56. The fraction of sp³-hybridized carbons (Fsp3) is 0.400. The van der Waals surface area contributed by atoms with E-state index in [0.717, 1.165) is 5.56 Å². The Labute approximate surface area is 87.5 Å². The fourth-order valence-corrected chi connectivity index (χ4v) is 1.53. The molecular formula is C10H13NO4. The maximum Gasteiger partial charge on any atom is 0.311 e. The molecule has 0 saturated carbocycles. The van der Waals surface area contributed by atoms with Crippen LogP contribution in [0.3, 0.4) is 0 Å². The molecule has 0 unspecified atom stereocenters. The van der Waals surface area contributed by atoms with Crippen LogP contribution in [-0.2, 0) is 6.42 Å². The van der Waals surface area contributed by atoms with E-state index in [4.69, 9.17) is 4.74 Å². The summed E-state index contributed by atoms with van der Waals surface area (Å²) in [4.78, 5) is 10.1. The Morgan fingerprint density at radius 2 is 2.20 bits per heavy atom. The third-order valence-electron chi connectivity index (χ3n) is 2.32. The first kappa shape index (κ1) is 11.3. The van der Waals surface area contributed by atoms with Gasteiger partial charge in [0.15, 0.2) is 0 Å². The predicted octanol–water partition coefficient (Wildman–Crippen LogP) is 2.18. The topological polar surface area (TPSA) is 72.6 Å². The molecule has 0 bridgehead atoms. The largest absolute Gasteiger partial charge is 0.502 e. The van der Waals surface area contributed by atoms with Crippen LogP contribution >= 0.6 is 0 Å². The molecule has 15 heavy (non-hydrogen) atoms. The Hall–Kier alpha value is -1.78. The summed E-state index contributed by atoms with van der Waals surface area (Å²) < 4.78 is 5.10. The monoisotopic (exact) mass is 211 g/mol. The molecule has 0 aliphatic heterocycles. The summed E-state index contributed by atoms with van der Waals surface area (Å²) >= 11 is 0. The molecule has 5 nitrogen and oxygen atoms in total. The maximum atomic E-state index is 10.6. The molecular weight excluding hydrogens is 198 g/mol. The molecule has 0 fully saturated rings. The average molecular weight is 211 g/mol. The van der Waals surface area contributed by atoms with Gasteiger partial charge in [-0.1, -0.05) is 6.92 Å². The van der Waals surface area contributed by atoms with Crippen LogP contribution in [0, 0.1) is 17.0 Å². The highest BCUT2D eigenvalue weighted by atomic mass is 16.6. The Kier molecular flexibility index (Phi) is 3.14. The van der Waals surface area contributed by atoms with E-state index in [1.54, 1.807) is 6.92 Å². The second-order valence-corrected chi connectivity index (χ2v) is 3.17. The van der Waals surface area contributed by atoms with Crippen molar-refractivity contribution in [3.05, 3.63) is 27.3 Å². The quantitative estimate of drug-likeness (QED) is 0.614. The fourth-order valence-electron chi connectivity index (χ4n) is 1.53. The second kappa shape index (κ2) is 4.16. The Morgan fingerprint density at radius 3 is 2.60 bits per heavy atom. The number of rotatable bonds is 3. The summed E-state index contributed by atoms with van der Waals surface area (Å²) in [6.07, 6.45) is 0.616. The number of aryl methyl sites for hydroxylation is 1. The van der Waals surface area contributed by atoms with Crippen LogP contribution in [0.4, 0.5) is 5.69 Å². The van der Waals surface area contributed by atoms with Crippen molar-refractivity contribution in [2.24, 2.45) is 0 Å². The Bertz CT molecular complexity index is 401. The molecule has 0 radical (unpaired) electrons. The normalized spacial score (nSPS) is 10.1. The molecule has 82 valence electrons. The van der Waals surface area contributed by atoms with Crippen LogP contribution in [0.25, 0.3) is 0 Å². The maximum absolute atomic E-state index is 10.6. The highest BCUT2D eigenvalue weighted by Gasteiger charge is 2.21. The minimum Gasteiger partial charge on any atom is -0.502 e. The lowest BCUT2D eigenvalue weighted by Gasteiger charge is -2.11. The van der Waals surface area contributed by atoms with Crippen molar-refractivity contribution >= 4 is 5.69 Å². The number of hydrogen-bond acceptors (Lipinski definition) is 4. The highest BCUT2D eigenvalue weighted by Crippen LogP contribution is 2.38. The molecule has 1 rings (SSSR count). The number of methoxy groups -OCH3 is 1. The zero-order valence-electron chi connectivity index (χ0n) is 8.90. The first-order chi connectivity index (χ1) is 7.02. The van der Waals surface area contributed by atoms with Crippen molar-refractivity contribution in [2.75, 3.05) is 7.11 Å². The van der Waals surface area contributed by atoms with E-state index in [-0.39, 0.29) is 11.4 Å². The summed E-state index contributed by atoms with van der Waals surface area (Å²) in [6, 6.07) is 1.35. The number of nitrogens with zero attached hydrogens (tertiary/aromatic N) is 1. The number of nitro benzene ring substituents is 1. The molecule has 0 aliphatic rings. The number of ether oxygens (including phenoxy) is 1. The van der Waals surface area contributed by atoms with E-state index < -0.39 is 4.92 Å². The van der Waals surface area contributed by atoms with Crippen LogP contribution < -0.4 is 4.74 Å². The van der Waals surface area contributed by atoms with Crippen LogP contribution in [0.2, 0.25) is 0 Å². The van der Waals surface area contributed by atoms with Gasteiger partial charge in [0.25, 0.3) is 0 Å². The van der Waals surface area contributed by atoms with Crippen molar-refractivity contribution in [3.8, 4) is 11.5 Å². The van der Waals surface area contributed by atoms with E-state index in [2.05, 4.69) is 0 Å². The van der Waals surface area contributed by atoms with E-state index >= 15 is 0 Å². The van der Waals surface area contributed by atoms with Gasteiger partial charge in [0.05, 0.1) is 12.0 Å². The lowest BCUT2D eigenvalue weighted by Crippen LogP contribution is -1.98. The Balaban J connectivity index is 3.49. The second-order valence-electron chi connectivity index (χ2n) is 3.17. The molecule has 1 aromatic carbocycles. The van der Waals surface area contributed by atoms with E-state index in [9.17, 15) is 15.2 Å². The molecule has 0 atom stereocenters. The van der Waals surface area contributed by atoms with Gasteiger partial charge in [0, 0.05) is 17.2 Å². The van der Waals surface area contributed by atoms with Crippen molar-refractivity contribution < 1.29 is 14.8 Å². The van der Waals surface area contributed by atoms with E-state index in [1.807, 2.05) is 6.92 Å². The lowest BCUT2D eigenvalue weighted by molar-refractivity contribution is -0.386. The van der Waals surface area contributed by atoms with Gasteiger partial charge in [0.2, 0.25) is 5.75 Å². The number of aromatic hydroxyl groups is 1. The molecule has 0 spiro atoms. The molecule has 1 aromatic rings. The van der Waals surface area contributed by atoms with Crippen LogP contribution in [0.1, 0.15) is 18.1 Å². The van der Waals surface area contributed by atoms with Gasteiger partial charge in [-0.2, -0.15) is 0 Å². The van der Waals surface area contributed by atoms with Crippen LogP contribution in [0.15, 0.2) is 6.07 Å². The summed E-state index contributed by atoms with van der Waals surface area (Å²) in [6.45, 7) is 3.47. The number of benzene rings is 1. The lowest BCUT2D eigenvalue weighted by atomic mass is 10.0. The summed E-state index contributed by atoms with van der Waals surface area (Å²) in [5.41, 5.74) is 0.855. The third kappa shape index (κ3) is 1.86. The van der Waals surface area contributed by atoms with E-state index in [0.29, 0.717) is 17.7 Å². The van der Waals surface area contributed by atoms with Crippen molar-refractivity contribution in [1.29, 1.82) is 0 Å². The SMILES string of the molecule is CCc1cc([N+](=O)[O-])c(O)c(C)c1OC. The van der Waals surface area contributed by atoms with Crippen LogP contribution in [0.5, 0.6) is 11.5 Å². The number of hydrogen-bond donors (Lipinski definition) is 1. The number of nitro groups is 1. The summed E-state index contributed by atoms with van der Waals surface area (Å²) in [5, 5.41) is 20.2. The third-order valence-corrected chi connectivity index (χ3v) is 2.32. The van der Waals surface area contributed by atoms with Gasteiger partial charge in [-0.15, -0.1) is 0 Å². The first-order valence-corrected chi connectivity index (χ1v) is 4.56. The van der Waals surface area contributed by atoms with E-state index in [1.165, 1.54) is 13.2 Å². The van der Waals surface area contributed by atoms with Crippen molar-refractivity contribution in [2.45, 2.75) is 20.3 Å². The number of phenols is 1. The van der Waals surface area contributed by atoms with Gasteiger partial charge < -0.3 is 9.84 Å². The predicted molar refractivity (Wildman–Crippen MR) is 55.4 cm³/mol. The molecule has 0 amide bonds. The number of phenolic OH excluding ortho intramolecular Hbond substituents is 1. The minimum atomic E-state index is -0.596. The smallest absolute Gasteiger partial charge is 0.311 e. The van der Waals surface area contributed by atoms with Crippen LogP contribution in [-0.4, -0.2) is 17.1 Å². The zero-order valence-corrected chi connectivity index (χ0v) is 8.90. The van der Waals surface area contributed by atoms with Gasteiger partial charge >= 0.3 is 5.69 Å². The summed E-state index contributed by atoms with van der Waals surface area (Å²) in [7, 11) is 1.48. The van der Waals surface area contributed by atoms with Crippen molar-refractivity contribution in [3.63, 3.8) is 0 Å². The molecule has 0 aromatic heterocycles. The molecule has 0 heterocycles. The van der Waals surface area contributed by atoms with Gasteiger partial charge in [-0.25, -0.2) is 0 Å². The Morgan fingerprint density at radius 1 is 1.60 bits per heavy atom. The van der Waals surface area contributed by atoms with Gasteiger partial charge in [0.1, 0.15) is 5.75 Å². The molecule has 5 heteroatoms. The van der Waals surface area contributed by atoms with Gasteiger partial charge in [-0.3, -0.25) is 10.1 Å². The molecule has 1 N–H and O–H groups in total. The average Bonchev–Trinajstić information content (AvgIpc) is 2.21. The highest BCUT2D eigenvalue weighted by molar-refractivity contribution is 5.60. The standard InChI is InChI=1S/C10H13NO4/c1-4-7-5-8(11(13)14)9(12)6(2)10(7)15-3/h5,12H,4H2,1-3H3.